The highest BCUT2D eigenvalue weighted by Crippen LogP contribution is 2.25. The quantitative estimate of drug-likeness (QED) is 0.325. The number of carbonyl (C=O) groups excluding carboxylic acids is 2. The number of esters is 1. The second-order valence-corrected chi connectivity index (χ2v) is 11.3. The zero-order chi connectivity index (χ0) is 26.7. The molecule has 1 aromatic heterocycles. The summed E-state index contributed by atoms with van der Waals surface area (Å²) in [5.74, 6) is -1.000. The number of anilines is 1. The van der Waals surface area contributed by atoms with Gasteiger partial charge in [-0.25, -0.2) is 8.42 Å². The van der Waals surface area contributed by atoms with Crippen molar-refractivity contribution in [2.45, 2.75) is 32.2 Å². The van der Waals surface area contributed by atoms with Crippen molar-refractivity contribution in [1.29, 1.82) is 0 Å². The van der Waals surface area contributed by atoms with E-state index in [0.717, 1.165) is 21.3 Å². The van der Waals surface area contributed by atoms with E-state index in [1.807, 2.05) is 32.0 Å². The largest absolute Gasteiger partial charge is 0.468 e. The molecule has 37 heavy (non-hydrogen) atoms. The van der Waals surface area contributed by atoms with E-state index < -0.39 is 21.9 Å². The van der Waals surface area contributed by atoms with Crippen LogP contribution in [-0.2, 0) is 26.1 Å². The number of aryl methyl sites for hydroxylation is 2. The Bertz CT molecular complexity index is 1640. The average molecular weight is 538 g/mol. The molecular formula is C27H27N3O5S2. The van der Waals surface area contributed by atoms with Gasteiger partial charge in [0.25, 0.3) is 15.9 Å². The third-order valence-electron chi connectivity index (χ3n) is 5.85. The summed E-state index contributed by atoms with van der Waals surface area (Å²) in [6.07, 6.45) is 0. The van der Waals surface area contributed by atoms with Gasteiger partial charge in [0.05, 0.1) is 27.9 Å². The molecule has 0 aliphatic rings. The summed E-state index contributed by atoms with van der Waals surface area (Å²) >= 11 is 1.31. The number of fused-ring (bicyclic) bond motifs is 1. The first kappa shape index (κ1) is 26.3. The first-order valence-electron chi connectivity index (χ1n) is 11.6. The van der Waals surface area contributed by atoms with Crippen LogP contribution in [0.25, 0.3) is 10.2 Å². The minimum atomic E-state index is -3.82. The molecule has 4 rings (SSSR count). The summed E-state index contributed by atoms with van der Waals surface area (Å²) in [5.41, 5.74) is 3.62. The number of aromatic nitrogens is 1. The Morgan fingerprint density at radius 1 is 1.03 bits per heavy atom. The average Bonchev–Trinajstić information content (AvgIpc) is 3.21. The van der Waals surface area contributed by atoms with Crippen LogP contribution < -0.4 is 9.11 Å². The number of thiazole rings is 1. The highest BCUT2D eigenvalue weighted by atomic mass is 32.2. The molecule has 0 atom stereocenters. The normalized spacial score (nSPS) is 12.1. The molecule has 0 bridgehead atoms. The fourth-order valence-electron chi connectivity index (χ4n) is 4.08. The van der Waals surface area contributed by atoms with Gasteiger partial charge in [0.1, 0.15) is 6.54 Å². The highest BCUT2D eigenvalue weighted by molar-refractivity contribution is 7.92. The summed E-state index contributed by atoms with van der Waals surface area (Å²) in [6.45, 7) is 5.86. The monoisotopic (exact) mass is 537 g/mol. The van der Waals surface area contributed by atoms with Crippen molar-refractivity contribution in [2.24, 2.45) is 4.99 Å². The molecule has 10 heteroatoms. The standard InChI is InChI=1S/C27H27N3O5S2/c1-5-30(21-9-7-6-8-10-21)37(33,34)22-13-11-20(12-14-22)26(32)28-27-29(17-24(31)35-4)23-16-18(2)15-19(3)25(23)36-27/h6-16H,5,17H2,1-4H3. The van der Waals surface area contributed by atoms with Gasteiger partial charge < -0.3 is 9.30 Å². The molecule has 0 N–H and O–H groups in total. The minimum Gasteiger partial charge on any atom is -0.468 e. The lowest BCUT2D eigenvalue weighted by Crippen LogP contribution is -2.30. The van der Waals surface area contributed by atoms with Crippen LogP contribution in [0.2, 0.25) is 0 Å². The van der Waals surface area contributed by atoms with Gasteiger partial charge in [-0.2, -0.15) is 4.99 Å². The molecule has 0 radical (unpaired) electrons. The van der Waals surface area contributed by atoms with Crippen molar-refractivity contribution in [3.05, 3.63) is 88.2 Å². The number of benzene rings is 3. The SMILES string of the molecule is CCN(c1ccccc1)S(=O)(=O)c1ccc(C(=O)N=c2sc3c(C)cc(C)cc3n2CC(=O)OC)cc1. The Morgan fingerprint density at radius 3 is 2.32 bits per heavy atom. The Hall–Kier alpha value is -3.76. The third-order valence-corrected chi connectivity index (χ3v) is 8.99. The molecule has 0 unspecified atom stereocenters. The van der Waals surface area contributed by atoms with Crippen molar-refractivity contribution in [2.75, 3.05) is 18.0 Å². The number of carbonyl (C=O) groups is 2. The number of hydrogen-bond donors (Lipinski definition) is 0. The molecule has 192 valence electrons. The molecule has 1 heterocycles. The molecule has 8 nitrogen and oxygen atoms in total. The van der Waals surface area contributed by atoms with E-state index in [1.54, 1.807) is 35.8 Å². The zero-order valence-electron chi connectivity index (χ0n) is 21.0. The van der Waals surface area contributed by atoms with Crippen LogP contribution in [0.15, 0.2) is 76.6 Å². The summed E-state index contributed by atoms with van der Waals surface area (Å²) in [4.78, 5) is 29.9. The fourth-order valence-corrected chi connectivity index (χ4v) is 6.63. The first-order chi connectivity index (χ1) is 17.6. The van der Waals surface area contributed by atoms with Gasteiger partial charge in [-0.3, -0.25) is 13.9 Å². The van der Waals surface area contributed by atoms with Crippen molar-refractivity contribution in [3.8, 4) is 0 Å². The van der Waals surface area contributed by atoms with E-state index in [0.29, 0.717) is 10.5 Å². The number of amides is 1. The lowest BCUT2D eigenvalue weighted by molar-refractivity contribution is -0.141. The maximum absolute atomic E-state index is 13.2. The van der Waals surface area contributed by atoms with Crippen LogP contribution in [0.3, 0.4) is 0 Å². The number of methoxy groups -OCH3 is 1. The van der Waals surface area contributed by atoms with Crippen LogP contribution in [0.1, 0.15) is 28.4 Å². The molecular weight excluding hydrogens is 510 g/mol. The third kappa shape index (κ3) is 5.35. The minimum absolute atomic E-state index is 0.0727. The van der Waals surface area contributed by atoms with Crippen LogP contribution in [0.4, 0.5) is 5.69 Å². The lowest BCUT2D eigenvalue weighted by Gasteiger charge is -2.22. The Morgan fingerprint density at radius 2 is 1.70 bits per heavy atom. The summed E-state index contributed by atoms with van der Waals surface area (Å²) in [7, 11) is -2.51. The van der Waals surface area contributed by atoms with E-state index in [9.17, 15) is 18.0 Å². The van der Waals surface area contributed by atoms with E-state index in [-0.39, 0.29) is 23.5 Å². The van der Waals surface area contributed by atoms with E-state index in [1.165, 1.54) is 47.0 Å². The topological polar surface area (TPSA) is 98.0 Å². The molecule has 1 amide bonds. The highest BCUT2D eigenvalue weighted by Gasteiger charge is 2.24. The van der Waals surface area contributed by atoms with Crippen LogP contribution in [-0.4, -0.2) is 38.5 Å². The molecule has 4 aromatic rings. The summed E-state index contributed by atoms with van der Waals surface area (Å²) < 4.78 is 35.2. The second-order valence-electron chi connectivity index (χ2n) is 8.42. The fraction of sp³-hybridized carbons (Fsp3) is 0.222. The van der Waals surface area contributed by atoms with Crippen molar-refractivity contribution < 1.29 is 22.7 Å². The van der Waals surface area contributed by atoms with Crippen LogP contribution in [0.5, 0.6) is 0 Å². The van der Waals surface area contributed by atoms with E-state index >= 15 is 0 Å². The molecule has 0 spiro atoms. The number of nitrogens with zero attached hydrogens (tertiary/aromatic N) is 3. The number of sulfonamides is 1. The Labute approximate surface area is 219 Å². The van der Waals surface area contributed by atoms with E-state index in [2.05, 4.69) is 4.99 Å². The Balaban J connectivity index is 1.71. The van der Waals surface area contributed by atoms with Gasteiger partial charge in [-0.05, 0) is 74.4 Å². The van der Waals surface area contributed by atoms with Gasteiger partial charge in [0.15, 0.2) is 4.80 Å². The maximum atomic E-state index is 13.2. The molecule has 0 saturated heterocycles. The molecule has 0 aliphatic heterocycles. The molecule has 0 saturated carbocycles. The number of rotatable bonds is 7. The summed E-state index contributed by atoms with van der Waals surface area (Å²) in [5, 5.41) is 0. The summed E-state index contributed by atoms with van der Waals surface area (Å²) in [6, 6.07) is 18.5. The van der Waals surface area contributed by atoms with E-state index in [4.69, 9.17) is 4.74 Å². The molecule has 0 fully saturated rings. The van der Waals surface area contributed by atoms with Gasteiger partial charge >= 0.3 is 5.97 Å². The van der Waals surface area contributed by atoms with Crippen LogP contribution in [0, 0.1) is 13.8 Å². The number of hydrogen-bond acceptors (Lipinski definition) is 6. The van der Waals surface area contributed by atoms with Crippen molar-refractivity contribution in [3.63, 3.8) is 0 Å². The molecule has 0 aliphatic carbocycles. The van der Waals surface area contributed by atoms with Gasteiger partial charge in [0, 0.05) is 12.1 Å². The van der Waals surface area contributed by atoms with Crippen LogP contribution >= 0.6 is 11.3 Å². The lowest BCUT2D eigenvalue weighted by atomic mass is 10.1. The number of para-hydroxylation sites is 1. The van der Waals surface area contributed by atoms with Gasteiger partial charge in [0.2, 0.25) is 0 Å². The van der Waals surface area contributed by atoms with Gasteiger partial charge in [-0.15, -0.1) is 0 Å². The van der Waals surface area contributed by atoms with Crippen molar-refractivity contribution >= 4 is 49.1 Å². The Kier molecular flexibility index (Phi) is 7.60. The second kappa shape index (κ2) is 10.7. The van der Waals surface area contributed by atoms with Gasteiger partial charge in [-0.1, -0.05) is 35.6 Å². The first-order valence-corrected chi connectivity index (χ1v) is 13.9. The van der Waals surface area contributed by atoms with Crippen molar-refractivity contribution in [1.82, 2.24) is 4.57 Å². The molecule has 3 aromatic carbocycles. The smallest absolute Gasteiger partial charge is 0.325 e. The predicted octanol–water partition coefficient (Wildman–Crippen LogP) is 4.45. The number of ether oxygens (including phenoxy) is 1. The predicted molar refractivity (Wildman–Crippen MR) is 144 cm³/mol. The zero-order valence-corrected chi connectivity index (χ0v) is 22.6. The maximum Gasteiger partial charge on any atom is 0.325 e.